The lowest BCUT2D eigenvalue weighted by atomic mass is 10.1. The van der Waals surface area contributed by atoms with Gasteiger partial charge in [-0.3, -0.25) is 4.90 Å². The number of benzene rings is 2. The molecule has 0 saturated carbocycles. The fourth-order valence-electron chi connectivity index (χ4n) is 3.73. The van der Waals surface area contributed by atoms with Crippen LogP contribution >= 0.6 is 0 Å². The van der Waals surface area contributed by atoms with E-state index < -0.39 is 0 Å². The SMILES string of the molecule is c1cnc(N2CCN(Cc3cccc4c3oc3ccccc34)CC2)nc1. The molecule has 0 atom stereocenters. The first-order valence-electron chi connectivity index (χ1n) is 9.02. The Morgan fingerprint density at radius 1 is 0.808 bits per heavy atom. The Balaban J connectivity index is 1.36. The molecule has 0 radical (unpaired) electrons. The second kappa shape index (κ2) is 6.42. The van der Waals surface area contributed by atoms with Gasteiger partial charge in [0.25, 0.3) is 0 Å². The smallest absolute Gasteiger partial charge is 0.225 e. The van der Waals surface area contributed by atoms with Gasteiger partial charge in [-0.2, -0.15) is 0 Å². The minimum Gasteiger partial charge on any atom is -0.456 e. The van der Waals surface area contributed by atoms with E-state index in [2.05, 4.69) is 50.1 Å². The number of hydrogen-bond donors (Lipinski definition) is 0. The molecule has 2 aromatic heterocycles. The quantitative estimate of drug-likeness (QED) is 0.567. The van der Waals surface area contributed by atoms with Gasteiger partial charge in [0.1, 0.15) is 11.2 Å². The Morgan fingerprint density at radius 2 is 1.58 bits per heavy atom. The van der Waals surface area contributed by atoms with Crippen molar-refractivity contribution in [1.82, 2.24) is 14.9 Å². The van der Waals surface area contributed by atoms with Crippen molar-refractivity contribution in [3.8, 4) is 0 Å². The molecule has 2 aromatic carbocycles. The normalized spacial score (nSPS) is 15.8. The van der Waals surface area contributed by atoms with Crippen molar-refractivity contribution < 1.29 is 4.42 Å². The monoisotopic (exact) mass is 344 g/mol. The van der Waals surface area contributed by atoms with Crippen LogP contribution in [0.3, 0.4) is 0 Å². The third kappa shape index (κ3) is 2.70. The first-order chi connectivity index (χ1) is 12.9. The van der Waals surface area contributed by atoms with Crippen LogP contribution in [0.1, 0.15) is 5.56 Å². The topological polar surface area (TPSA) is 45.4 Å². The molecule has 5 heteroatoms. The molecule has 4 aromatic rings. The minimum absolute atomic E-state index is 0.825. The molecule has 5 nitrogen and oxygen atoms in total. The molecule has 3 heterocycles. The molecule has 0 spiro atoms. The lowest BCUT2D eigenvalue weighted by Crippen LogP contribution is -2.46. The first kappa shape index (κ1) is 15.3. The van der Waals surface area contributed by atoms with E-state index in [-0.39, 0.29) is 0 Å². The summed E-state index contributed by atoms with van der Waals surface area (Å²) < 4.78 is 6.16. The molecule has 0 aliphatic carbocycles. The van der Waals surface area contributed by atoms with E-state index >= 15 is 0 Å². The van der Waals surface area contributed by atoms with Crippen LogP contribution in [0.25, 0.3) is 21.9 Å². The highest BCUT2D eigenvalue weighted by Gasteiger charge is 2.20. The molecule has 1 aliphatic heterocycles. The molecular formula is C21H20N4O. The molecule has 130 valence electrons. The van der Waals surface area contributed by atoms with Crippen LogP contribution in [0.15, 0.2) is 65.3 Å². The standard InChI is InChI=1S/C21H20N4O/c1-2-8-19-17(6-1)18-7-3-5-16(20(18)26-19)15-24-11-13-25(14-12-24)21-22-9-4-10-23-21/h1-10H,11-15H2. The summed E-state index contributed by atoms with van der Waals surface area (Å²) in [7, 11) is 0. The Bertz CT molecular complexity index is 1040. The Hall–Kier alpha value is -2.92. The van der Waals surface area contributed by atoms with Crippen molar-refractivity contribution in [1.29, 1.82) is 0 Å². The number of furan rings is 1. The number of aromatic nitrogens is 2. The Labute approximate surface area is 151 Å². The lowest BCUT2D eigenvalue weighted by molar-refractivity contribution is 0.249. The summed E-state index contributed by atoms with van der Waals surface area (Å²) >= 11 is 0. The number of anilines is 1. The van der Waals surface area contributed by atoms with Crippen LogP contribution < -0.4 is 4.90 Å². The number of fused-ring (bicyclic) bond motifs is 3. The highest BCUT2D eigenvalue weighted by Crippen LogP contribution is 2.31. The molecule has 1 saturated heterocycles. The molecule has 0 bridgehead atoms. The zero-order valence-corrected chi connectivity index (χ0v) is 14.5. The summed E-state index contributed by atoms with van der Waals surface area (Å²) in [6, 6.07) is 16.6. The third-order valence-corrected chi connectivity index (χ3v) is 5.09. The summed E-state index contributed by atoms with van der Waals surface area (Å²) in [6.07, 6.45) is 3.61. The van der Waals surface area contributed by atoms with Crippen LogP contribution in [0.5, 0.6) is 0 Å². The van der Waals surface area contributed by atoms with Gasteiger partial charge in [0.15, 0.2) is 0 Å². The van der Waals surface area contributed by atoms with Gasteiger partial charge in [-0.1, -0.05) is 36.4 Å². The maximum atomic E-state index is 6.16. The number of rotatable bonds is 3. The second-order valence-corrected chi connectivity index (χ2v) is 6.70. The largest absolute Gasteiger partial charge is 0.456 e. The molecule has 1 aliphatic rings. The van der Waals surface area contributed by atoms with Gasteiger partial charge in [0, 0.05) is 61.5 Å². The fourth-order valence-corrected chi connectivity index (χ4v) is 3.73. The average Bonchev–Trinajstić information content (AvgIpc) is 3.09. The molecule has 0 amide bonds. The minimum atomic E-state index is 0.825. The maximum Gasteiger partial charge on any atom is 0.225 e. The van der Waals surface area contributed by atoms with E-state index in [9.17, 15) is 0 Å². The number of nitrogens with zero attached hydrogens (tertiary/aromatic N) is 4. The van der Waals surface area contributed by atoms with Crippen LogP contribution in [0, 0.1) is 0 Å². The highest BCUT2D eigenvalue weighted by atomic mass is 16.3. The predicted octanol–water partition coefficient (Wildman–Crippen LogP) is 3.70. The maximum absolute atomic E-state index is 6.16. The van der Waals surface area contributed by atoms with E-state index in [4.69, 9.17) is 4.42 Å². The highest BCUT2D eigenvalue weighted by molar-refractivity contribution is 6.05. The lowest BCUT2D eigenvalue weighted by Gasteiger charge is -2.34. The third-order valence-electron chi connectivity index (χ3n) is 5.09. The van der Waals surface area contributed by atoms with E-state index in [1.807, 2.05) is 18.2 Å². The van der Waals surface area contributed by atoms with Crippen molar-refractivity contribution >= 4 is 27.9 Å². The van der Waals surface area contributed by atoms with Crippen molar-refractivity contribution in [2.75, 3.05) is 31.1 Å². The summed E-state index contributed by atoms with van der Waals surface area (Å²) in [4.78, 5) is 13.4. The number of para-hydroxylation sites is 2. The van der Waals surface area contributed by atoms with Crippen molar-refractivity contribution in [2.24, 2.45) is 0 Å². The molecule has 26 heavy (non-hydrogen) atoms. The zero-order chi connectivity index (χ0) is 17.3. The van der Waals surface area contributed by atoms with Gasteiger partial charge in [0.05, 0.1) is 0 Å². The second-order valence-electron chi connectivity index (χ2n) is 6.70. The molecule has 1 fully saturated rings. The summed E-state index contributed by atoms with van der Waals surface area (Å²) in [6.45, 7) is 4.78. The van der Waals surface area contributed by atoms with Crippen molar-refractivity contribution in [3.05, 3.63) is 66.5 Å². The zero-order valence-electron chi connectivity index (χ0n) is 14.5. The van der Waals surface area contributed by atoms with E-state index in [1.54, 1.807) is 12.4 Å². The van der Waals surface area contributed by atoms with Gasteiger partial charge in [-0.15, -0.1) is 0 Å². The molecule has 0 unspecified atom stereocenters. The van der Waals surface area contributed by atoms with Gasteiger partial charge < -0.3 is 9.32 Å². The average molecular weight is 344 g/mol. The van der Waals surface area contributed by atoms with E-state index in [1.165, 1.54) is 16.3 Å². The summed E-state index contributed by atoms with van der Waals surface area (Å²) in [5.41, 5.74) is 3.23. The molecular weight excluding hydrogens is 324 g/mol. The van der Waals surface area contributed by atoms with Gasteiger partial charge in [0.2, 0.25) is 5.95 Å². The van der Waals surface area contributed by atoms with E-state index in [0.717, 1.165) is 49.8 Å². The summed E-state index contributed by atoms with van der Waals surface area (Å²) in [5.74, 6) is 0.825. The van der Waals surface area contributed by atoms with Gasteiger partial charge in [-0.25, -0.2) is 9.97 Å². The molecule has 0 N–H and O–H groups in total. The summed E-state index contributed by atoms with van der Waals surface area (Å²) in [5, 5.41) is 2.39. The van der Waals surface area contributed by atoms with Crippen LogP contribution in [0.2, 0.25) is 0 Å². The van der Waals surface area contributed by atoms with Gasteiger partial charge >= 0.3 is 0 Å². The first-order valence-corrected chi connectivity index (χ1v) is 9.02. The van der Waals surface area contributed by atoms with Gasteiger partial charge in [-0.05, 0) is 12.1 Å². The Kier molecular flexibility index (Phi) is 3.79. The van der Waals surface area contributed by atoms with Crippen molar-refractivity contribution in [3.63, 3.8) is 0 Å². The molecule has 5 rings (SSSR count). The predicted molar refractivity (Wildman–Crippen MR) is 103 cm³/mol. The Morgan fingerprint density at radius 3 is 2.42 bits per heavy atom. The van der Waals surface area contributed by atoms with Crippen LogP contribution in [0.4, 0.5) is 5.95 Å². The van der Waals surface area contributed by atoms with Crippen LogP contribution in [-0.2, 0) is 6.54 Å². The number of hydrogen-bond acceptors (Lipinski definition) is 5. The van der Waals surface area contributed by atoms with E-state index in [0.29, 0.717) is 0 Å². The van der Waals surface area contributed by atoms with Crippen molar-refractivity contribution in [2.45, 2.75) is 6.54 Å². The number of piperazine rings is 1. The fraction of sp³-hybridized carbons (Fsp3) is 0.238. The van der Waals surface area contributed by atoms with Crippen LogP contribution in [-0.4, -0.2) is 41.0 Å².